The van der Waals surface area contributed by atoms with Crippen LogP contribution in [0, 0.1) is 5.92 Å². The molecule has 0 amide bonds. The van der Waals surface area contributed by atoms with Crippen molar-refractivity contribution in [3.63, 3.8) is 0 Å². The molecule has 2 rings (SSSR count). The molecule has 1 saturated heterocycles. The normalized spacial score (nSPS) is 22.3. The van der Waals surface area contributed by atoms with Crippen LogP contribution in [-0.2, 0) is 14.2 Å². The molecule has 0 aromatic heterocycles. The molecule has 0 bridgehead atoms. The molecule has 1 unspecified atom stereocenters. The van der Waals surface area contributed by atoms with Gasteiger partial charge in [-0.15, -0.1) is 0 Å². The van der Waals surface area contributed by atoms with Gasteiger partial charge in [-0.3, -0.25) is 4.99 Å². The fraction of sp³-hybridized carbons (Fsp3) is 0.947. The summed E-state index contributed by atoms with van der Waals surface area (Å²) in [5.74, 6) is 1.46. The van der Waals surface area contributed by atoms with Gasteiger partial charge in [0, 0.05) is 45.9 Å². The van der Waals surface area contributed by atoms with E-state index in [0.29, 0.717) is 12.0 Å². The fourth-order valence-electron chi connectivity index (χ4n) is 3.33. The number of hydrogen-bond donors (Lipinski definition) is 2. The third kappa shape index (κ3) is 9.42. The Kier molecular flexibility index (Phi) is 10.9. The number of aliphatic imine (C=N–C) groups is 1. The highest BCUT2D eigenvalue weighted by molar-refractivity contribution is 5.79. The first-order valence-electron chi connectivity index (χ1n) is 10.1. The zero-order valence-electron chi connectivity index (χ0n) is 15.9. The highest BCUT2D eigenvalue weighted by Gasteiger charge is 2.15. The summed E-state index contributed by atoms with van der Waals surface area (Å²) in [7, 11) is 1.81. The second-order valence-corrected chi connectivity index (χ2v) is 7.07. The minimum absolute atomic E-state index is 0.502. The Morgan fingerprint density at radius 2 is 1.80 bits per heavy atom. The van der Waals surface area contributed by atoms with Crippen molar-refractivity contribution in [1.82, 2.24) is 10.6 Å². The van der Waals surface area contributed by atoms with E-state index < -0.39 is 0 Å². The Morgan fingerprint density at radius 3 is 2.48 bits per heavy atom. The van der Waals surface area contributed by atoms with Crippen molar-refractivity contribution in [2.24, 2.45) is 10.9 Å². The fourth-order valence-corrected chi connectivity index (χ4v) is 3.33. The summed E-state index contributed by atoms with van der Waals surface area (Å²) >= 11 is 0. The summed E-state index contributed by atoms with van der Waals surface area (Å²) in [5.41, 5.74) is 0. The van der Waals surface area contributed by atoms with Gasteiger partial charge in [0.1, 0.15) is 0 Å². The highest BCUT2D eigenvalue weighted by Crippen LogP contribution is 2.20. The Balaban J connectivity index is 1.38. The lowest BCUT2D eigenvalue weighted by atomic mass is 9.98. The summed E-state index contributed by atoms with van der Waals surface area (Å²) < 4.78 is 17.0. The molecule has 1 atom stereocenters. The van der Waals surface area contributed by atoms with E-state index in [1.54, 1.807) is 0 Å². The number of ether oxygens (including phenoxy) is 3. The maximum atomic E-state index is 5.94. The third-order valence-electron chi connectivity index (χ3n) is 4.88. The number of nitrogens with zero attached hydrogens (tertiary/aromatic N) is 1. The Morgan fingerprint density at radius 1 is 1.04 bits per heavy atom. The van der Waals surface area contributed by atoms with Crippen LogP contribution in [0.15, 0.2) is 4.99 Å². The zero-order chi connectivity index (χ0) is 17.6. The maximum absolute atomic E-state index is 5.94. The van der Waals surface area contributed by atoms with Crippen LogP contribution in [-0.4, -0.2) is 65.2 Å². The molecule has 6 heteroatoms. The molecular weight excluding hydrogens is 318 g/mol. The van der Waals surface area contributed by atoms with Gasteiger partial charge in [0.15, 0.2) is 5.96 Å². The van der Waals surface area contributed by atoms with Gasteiger partial charge in [-0.2, -0.15) is 0 Å². The van der Waals surface area contributed by atoms with E-state index in [1.165, 1.54) is 32.1 Å². The Bertz CT molecular complexity index is 354. The molecule has 6 nitrogen and oxygen atoms in total. The van der Waals surface area contributed by atoms with Crippen LogP contribution in [0.5, 0.6) is 0 Å². The van der Waals surface area contributed by atoms with Crippen molar-refractivity contribution >= 4 is 5.96 Å². The first-order chi connectivity index (χ1) is 12.4. The quantitative estimate of drug-likeness (QED) is 0.338. The van der Waals surface area contributed by atoms with Gasteiger partial charge in [0.25, 0.3) is 0 Å². The molecule has 0 aromatic rings. The number of guanidine groups is 1. The minimum Gasteiger partial charge on any atom is -0.381 e. The van der Waals surface area contributed by atoms with Crippen molar-refractivity contribution in [3.05, 3.63) is 0 Å². The molecule has 25 heavy (non-hydrogen) atoms. The summed E-state index contributed by atoms with van der Waals surface area (Å²) in [6, 6.07) is 0. The van der Waals surface area contributed by atoms with E-state index in [4.69, 9.17) is 14.2 Å². The van der Waals surface area contributed by atoms with Gasteiger partial charge in [-0.05, 0) is 32.1 Å². The Labute approximate surface area is 153 Å². The third-order valence-corrected chi connectivity index (χ3v) is 4.88. The number of hydrogen-bond acceptors (Lipinski definition) is 4. The highest BCUT2D eigenvalue weighted by atomic mass is 16.5. The molecule has 1 saturated carbocycles. The van der Waals surface area contributed by atoms with Crippen molar-refractivity contribution in [3.8, 4) is 0 Å². The summed E-state index contributed by atoms with van der Waals surface area (Å²) in [6.07, 6.45) is 10.2. The first-order valence-corrected chi connectivity index (χ1v) is 10.1. The largest absolute Gasteiger partial charge is 0.381 e. The van der Waals surface area contributed by atoms with Crippen molar-refractivity contribution in [2.75, 3.05) is 53.2 Å². The average Bonchev–Trinajstić information content (AvgIpc) is 3.17. The molecular formula is C19H37N3O3. The minimum atomic E-state index is 0.502. The molecule has 2 aliphatic rings. The zero-order valence-corrected chi connectivity index (χ0v) is 15.9. The van der Waals surface area contributed by atoms with Crippen LogP contribution in [0.2, 0.25) is 0 Å². The van der Waals surface area contributed by atoms with Crippen LogP contribution in [0.4, 0.5) is 0 Å². The smallest absolute Gasteiger partial charge is 0.190 e. The van der Waals surface area contributed by atoms with Crippen molar-refractivity contribution in [1.29, 1.82) is 0 Å². The molecule has 0 aromatic carbocycles. The second-order valence-electron chi connectivity index (χ2n) is 7.07. The molecule has 0 spiro atoms. The summed E-state index contributed by atoms with van der Waals surface area (Å²) in [4.78, 5) is 4.25. The Hall–Kier alpha value is -0.850. The predicted molar refractivity (Wildman–Crippen MR) is 101 cm³/mol. The van der Waals surface area contributed by atoms with E-state index in [-0.39, 0.29) is 0 Å². The van der Waals surface area contributed by atoms with E-state index >= 15 is 0 Å². The van der Waals surface area contributed by atoms with Crippen LogP contribution in [0.3, 0.4) is 0 Å². The van der Waals surface area contributed by atoms with Crippen LogP contribution in [0.25, 0.3) is 0 Å². The van der Waals surface area contributed by atoms with Crippen molar-refractivity contribution < 1.29 is 14.2 Å². The maximum Gasteiger partial charge on any atom is 0.190 e. The molecule has 1 heterocycles. The van der Waals surface area contributed by atoms with Gasteiger partial charge >= 0.3 is 0 Å². The summed E-state index contributed by atoms with van der Waals surface area (Å²) in [6.45, 7) is 5.98. The molecule has 2 fully saturated rings. The van der Waals surface area contributed by atoms with Crippen molar-refractivity contribution in [2.45, 2.75) is 57.5 Å². The van der Waals surface area contributed by atoms with Gasteiger partial charge < -0.3 is 24.8 Å². The van der Waals surface area contributed by atoms with E-state index in [0.717, 1.165) is 71.3 Å². The number of rotatable bonds is 11. The standard InChI is InChI=1S/C19H37N3O3/c1-20-19(21-10-5-12-23-15-17-9-14-24-16-17)22-11-6-13-25-18-7-3-2-4-8-18/h17-18H,2-16H2,1H3,(H2,20,21,22). The molecule has 146 valence electrons. The first kappa shape index (κ1) is 20.5. The monoisotopic (exact) mass is 355 g/mol. The molecule has 1 aliphatic heterocycles. The average molecular weight is 356 g/mol. The van der Waals surface area contributed by atoms with Crippen LogP contribution < -0.4 is 10.6 Å². The second kappa shape index (κ2) is 13.4. The van der Waals surface area contributed by atoms with E-state index in [1.807, 2.05) is 7.05 Å². The lowest BCUT2D eigenvalue weighted by molar-refractivity contribution is 0.0277. The van der Waals surface area contributed by atoms with Gasteiger partial charge in [0.2, 0.25) is 0 Å². The molecule has 2 N–H and O–H groups in total. The van der Waals surface area contributed by atoms with Gasteiger partial charge in [-0.1, -0.05) is 19.3 Å². The van der Waals surface area contributed by atoms with Gasteiger partial charge in [-0.25, -0.2) is 0 Å². The summed E-state index contributed by atoms with van der Waals surface area (Å²) in [5, 5.41) is 6.68. The lowest BCUT2D eigenvalue weighted by Gasteiger charge is -2.22. The lowest BCUT2D eigenvalue weighted by Crippen LogP contribution is -2.38. The molecule has 1 aliphatic carbocycles. The topological polar surface area (TPSA) is 64.1 Å². The van der Waals surface area contributed by atoms with Gasteiger partial charge in [0.05, 0.1) is 19.3 Å². The van der Waals surface area contributed by atoms with Crippen LogP contribution in [0.1, 0.15) is 51.4 Å². The van der Waals surface area contributed by atoms with E-state index in [9.17, 15) is 0 Å². The SMILES string of the molecule is CN=C(NCCCOCC1CCOC1)NCCCOC1CCCCC1. The number of nitrogens with one attached hydrogen (secondary N) is 2. The predicted octanol–water partition coefficient (Wildman–Crippen LogP) is 2.33. The molecule has 0 radical (unpaired) electrons. The van der Waals surface area contributed by atoms with E-state index in [2.05, 4.69) is 15.6 Å². The van der Waals surface area contributed by atoms with Crippen LogP contribution >= 0.6 is 0 Å².